The summed E-state index contributed by atoms with van der Waals surface area (Å²) in [4.78, 5) is 0. The molecule has 2 N–H and O–H groups in total. The quantitative estimate of drug-likeness (QED) is 0.641. The molecule has 0 saturated carbocycles. The van der Waals surface area contributed by atoms with Crippen molar-refractivity contribution in [3.05, 3.63) is 0 Å². The second-order valence-electron chi connectivity index (χ2n) is 3.46. The average molecular weight is 207 g/mol. The van der Waals surface area contributed by atoms with Crippen LogP contribution >= 0.6 is 0 Å². The van der Waals surface area contributed by atoms with Crippen molar-refractivity contribution in [1.29, 1.82) is 0 Å². The molecule has 0 spiro atoms. The number of hydrogen-bond acceptors (Lipinski definition) is 3. The average Bonchev–Trinajstić information content (AvgIpc) is 2.05. The van der Waals surface area contributed by atoms with Crippen LogP contribution in [0.3, 0.4) is 0 Å². The standard InChI is InChI=1S/C9H21NO2S/c1-3-4-5-8-13(11,12)9(2)6-7-10/h9H,3-8,10H2,1-2H3. The zero-order valence-corrected chi connectivity index (χ0v) is 9.44. The Hall–Kier alpha value is -0.0900. The van der Waals surface area contributed by atoms with Crippen LogP contribution in [0.4, 0.5) is 0 Å². The van der Waals surface area contributed by atoms with Gasteiger partial charge < -0.3 is 5.73 Å². The normalized spacial score (nSPS) is 14.4. The fourth-order valence-corrected chi connectivity index (χ4v) is 2.67. The molecule has 1 unspecified atom stereocenters. The van der Waals surface area contributed by atoms with E-state index >= 15 is 0 Å². The molecule has 0 heterocycles. The summed E-state index contributed by atoms with van der Waals surface area (Å²) in [7, 11) is -2.87. The van der Waals surface area contributed by atoms with E-state index in [4.69, 9.17) is 5.73 Å². The lowest BCUT2D eigenvalue weighted by Gasteiger charge is -2.10. The van der Waals surface area contributed by atoms with E-state index in [0.29, 0.717) is 18.7 Å². The zero-order chi connectivity index (χ0) is 10.3. The molecule has 13 heavy (non-hydrogen) atoms. The molecule has 4 heteroatoms. The van der Waals surface area contributed by atoms with E-state index in [1.165, 1.54) is 0 Å². The monoisotopic (exact) mass is 207 g/mol. The highest BCUT2D eigenvalue weighted by molar-refractivity contribution is 7.91. The van der Waals surface area contributed by atoms with Gasteiger partial charge in [0.15, 0.2) is 9.84 Å². The van der Waals surface area contributed by atoms with E-state index in [9.17, 15) is 8.42 Å². The van der Waals surface area contributed by atoms with E-state index in [2.05, 4.69) is 6.92 Å². The van der Waals surface area contributed by atoms with Gasteiger partial charge in [-0.25, -0.2) is 8.42 Å². The summed E-state index contributed by atoms with van der Waals surface area (Å²) in [5.74, 6) is 0.321. The maximum Gasteiger partial charge on any atom is 0.152 e. The van der Waals surface area contributed by atoms with E-state index < -0.39 is 9.84 Å². The van der Waals surface area contributed by atoms with Crippen LogP contribution in [0.25, 0.3) is 0 Å². The molecule has 0 aromatic heterocycles. The van der Waals surface area contributed by atoms with Crippen LogP contribution in [-0.4, -0.2) is 26.0 Å². The molecule has 1 atom stereocenters. The summed E-state index contributed by atoms with van der Waals surface area (Å²) in [6.45, 7) is 4.26. The number of hydrogen-bond donors (Lipinski definition) is 1. The maximum absolute atomic E-state index is 11.5. The lowest BCUT2D eigenvalue weighted by Crippen LogP contribution is -2.23. The topological polar surface area (TPSA) is 60.2 Å². The Bertz CT molecular complexity index is 212. The van der Waals surface area contributed by atoms with Gasteiger partial charge in [-0.15, -0.1) is 0 Å². The Labute approximate surface area is 81.6 Å². The van der Waals surface area contributed by atoms with Crippen molar-refractivity contribution in [3.63, 3.8) is 0 Å². The maximum atomic E-state index is 11.5. The van der Waals surface area contributed by atoms with Crippen LogP contribution in [-0.2, 0) is 9.84 Å². The number of sulfone groups is 1. The highest BCUT2D eigenvalue weighted by atomic mass is 32.2. The van der Waals surface area contributed by atoms with Crippen LogP contribution in [0.2, 0.25) is 0 Å². The van der Waals surface area contributed by atoms with E-state index in [1.54, 1.807) is 6.92 Å². The molecule has 80 valence electrons. The minimum absolute atomic E-state index is 0.269. The van der Waals surface area contributed by atoms with Gasteiger partial charge in [0.1, 0.15) is 0 Å². The van der Waals surface area contributed by atoms with Crippen LogP contribution in [0.5, 0.6) is 0 Å². The first-order chi connectivity index (χ1) is 6.04. The summed E-state index contributed by atoms with van der Waals surface area (Å²) in [6, 6.07) is 0. The minimum atomic E-state index is -2.87. The van der Waals surface area contributed by atoms with Gasteiger partial charge in [0.05, 0.1) is 11.0 Å². The highest BCUT2D eigenvalue weighted by Gasteiger charge is 2.18. The first-order valence-corrected chi connectivity index (χ1v) is 6.67. The third-order valence-corrected chi connectivity index (χ3v) is 4.54. The minimum Gasteiger partial charge on any atom is -0.330 e. The van der Waals surface area contributed by atoms with Crippen LogP contribution in [0.15, 0.2) is 0 Å². The van der Waals surface area contributed by atoms with E-state index in [-0.39, 0.29) is 5.25 Å². The summed E-state index contributed by atoms with van der Waals surface area (Å²) in [5.41, 5.74) is 5.32. The molecule has 0 saturated heterocycles. The fraction of sp³-hybridized carbons (Fsp3) is 1.00. The number of nitrogens with two attached hydrogens (primary N) is 1. The Kier molecular flexibility index (Phi) is 6.33. The molecule has 0 aliphatic carbocycles. The molecule has 0 radical (unpaired) electrons. The van der Waals surface area contributed by atoms with Crippen LogP contribution in [0, 0.1) is 0 Å². The molecule has 0 aliphatic rings. The molecule has 0 fully saturated rings. The third kappa shape index (κ3) is 5.26. The second-order valence-corrected chi connectivity index (χ2v) is 6.00. The molecule has 0 aromatic carbocycles. The molecule has 3 nitrogen and oxygen atoms in total. The van der Waals surface area contributed by atoms with Gasteiger partial charge in [-0.05, 0) is 26.3 Å². The Morgan fingerprint density at radius 3 is 2.38 bits per heavy atom. The Morgan fingerprint density at radius 2 is 1.92 bits per heavy atom. The summed E-state index contributed by atoms with van der Waals surface area (Å²) in [6.07, 6.45) is 3.41. The highest BCUT2D eigenvalue weighted by Crippen LogP contribution is 2.08. The summed E-state index contributed by atoms with van der Waals surface area (Å²) in [5, 5.41) is -0.269. The fourth-order valence-electron chi connectivity index (χ4n) is 1.17. The van der Waals surface area contributed by atoms with Crippen molar-refractivity contribution in [2.45, 2.75) is 44.8 Å². The smallest absolute Gasteiger partial charge is 0.152 e. The molecule has 0 aliphatic heterocycles. The lowest BCUT2D eigenvalue weighted by atomic mass is 10.3. The summed E-state index contributed by atoms with van der Waals surface area (Å²) < 4.78 is 23.1. The van der Waals surface area contributed by atoms with Gasteiger partial charge >= 0.3 is 0 Å². The Morgan fingerprint density at radius 1 is 1.31 bits per heavy atom. The van der Waals surface area contributed by atoms with Gasteiger partial charge in [0.2, 0.25) is 0 Å². The first kappa shape index (κ1) is 12.9. The van der Waals surface area contributed by atoms with Crippen LogP contribution in [0.1, 0.15) is 39.5 Å². The van der Waals surface area contributed by atoms with Crippen molar-refractivity contribution in [2.24, 2.45) is 5.73 Å². The van der Waals surface area contributed by atoms with Gasteiger partial charge in [0.25, 0.3) is 0 Å². The van der Waals surface area contributed by atoms with Crippen molar-refractivity contribution < 1.29 is 8.42 Å². The number of unbranched alkanes of at least 4 members (excludes halogenated alkanes) is 2. The SMILES string of the molecule is CCCCCS(=O)(=O)C(C)CCN. The van der Waals surface area contributed by atoms with Gasteiger partial charge in [0, 0.05) is 0 Å². The molecule has 0 aromatic rings. The van der Waals surface area contributed by atoms with E-state index in [1.807, 2.05) is 0 Å². The molecular formula is C9H21NO2S. The van der Waals surface area contributed by atoms with Gasteiger partial charge in [-0.1, -0.05) is 19.8 Å². The first-order valence-electron chi connectivity index (χ1n) is 4.96. The second kappa shape index (κ2) is 6.38. The zero-order valence-electron chi connectivity index (χ0n) is 8.62. The predicted octanol–water partition coefficient (Wildman–Crippen LogP) is 1.33. The van der Waals surface area contributed by atoms with E-state index in [0.717, 1.165) is 19.3 Å². The van der Waals surface area contributed by atoms with Crippen molar-refractivity contribution >= 4 is 9.84 Å². The van der Waals surface area contributed by atoms with Crippen molar-refractivity contribution in [1.82, 2.24) is 0 Å². The largest absolute Gasteiger partial charge is 0.330 e. The molecular weight excluding hydrogens is 186 g/mol. The van der Waals surface area contributed by atoms with Crippen molar-refractivity contribution in [2.75, 3.05) is 12.3 Å². The van der Waals surface area contributed by atoms with Gasteiger partial charge in [-0.3, -0.25) is 0 Å². The lowest BCUT2D eigenvalue weighted by molar-refractivity contribution is 0.573. The number of rotatable bonds is 7. The Balaban J connectivity index is 3.92. The molecule has 0 bridgehead atoms. The third-order valence-electron chi connectivity index (χ3n) is 2.22. The van der Waals surface area contributed by atoms with Crippen LogP contribution < -0.4 is 5.73 Å². The summed E-state index contributed by atoms with van der Waals surface area (Å²) >= 11 is 0. The van der Waals surface area contributed by atoms with Gasteiger partial charge in [-0.2, -0.15) is 0 Å². The predicted molar refractivity (Wildman–Crippen MR) is 56.4 cm³/mol. The van der Waals surface area contributed by atoms with Crippen molar-refractivity contribution in [3.8, 4) is 0 Å². The molecule has 0 amide bonds. The molecule has 0 rings (SSSR count).